The van der Waals surface area contributed by atoms with Gasteiger partial charge in [0.2, 0.25) is 0 Å². The average molecular weight is 358 g/mol. The van der Waals surface area contributed by atoms with Gasteiger partial charge in [-0.2, -0.15) is 0 Å². The number of aliphatic hydroxyl groups is 1. The minimum Gasteiger partial charge on any atom is -0.392 e. The van der Waals surface area contributed by atoms with Crippen molar-refractivity contribution in [3.63, 3.8) is 0 Å². The summed E-state index contributed by atoms with van der Waals surface area (Å²) in [5.74, 6) is 0.640. The number of nitrogens with zero attached hydrogens (tertiary/aromatic N) is 2. The van der Waals surface area contributed by atoms with E-state index in [-0.39, 0.29) is 12.6 Å². The third-order valence-corrected chi connectivity index (χ3v) is 4.30. The molecule has 0 radical (unpaired) electrons. The van der Waals surface area contributed by atoms with Crippen LogP contribution in [0.1, 0.15) is 5.56 Å². The molecule has 134 valence electrons. The van der Waals surface area contributed by atoms with Crippen molar-refractivity contribution in [3.05, 3.63) is 84.8 Å². The highest BCUT2D eigenvalue weighted by atomic mass is 16.3. The van der Waals surface area contributed by atoms with Crippen molar-refractivity contribution in [2.45, 2.75) is 6.61 Å². The second kappa shape index (κ2) is 7.31. The molecule has 3 N–H and O–H groups in total. The van der Waals surface area contributed by atoms with Gasteiger partial charge in [0, 0.05) is 11.3 Å². The van der Waals surface area contributed by atoms with Gasteiger partial charge in [0.25, 0.3) is 0 Å². The fourth-order valence-corrected chi connectivity index (χ4v) is 2.93. The van der Waals surface area contributed by atoms with Crippen LogP contribution in [0.5, 0.6) is 0 Å². The fourth-order valence-electron chi connectivity index (χ4n) is 2.93. The molecule has 0 saturated carbocycles. The van der Waals surface area contributed by atoms with Gasteiger partial charge >= 0.3 is 6.03 Å². The number of rotatable bonds is 4. The molecule has 0 fully saturated rings. The van der Waals surface area contributed by atoms with Crippen LogP contribution in [0.25, 0.3) is 16.6 Å². The summed E-state index contributed by atoms with van der Waals surface area (Å²) in [4.78, 5) is 16.8. The van der Waals surface area contributed by atoms with E-state index in [2.05, 4.69) is 15.6 Å². The Morgan fingerprint density at radius 3 is 2.48 bits per heavy atom. The highest BCUT2D eigenvalue weighted by Crippen LogP contribution is 2.29. The highest BCUT2D eigenvalue weighted by Gasteiger charge is 2.13. The molecule has 6 nitrogen and oxygen atoms in total. The Hall–Kier alpha value is -3.64. The van der Waals surface area contributed by atoms with E-state index in [9.17, 15) is 4.79 Å². The van der Waals surface area contributed by atoms with Crippen LogP contribution in [0, 0.1) is 0 Å². The third kappa shape index (κ3) is 3.51. The van der Waals surface area contributed by atoms with Gasteiger partial charge < -0.3 is 10.4 Å². The molecule has 4 rings (SSSR count). The number of imidazole rings is 1. The predicted octanol–water partition coefficient (Wildman–Crippen LogP) is 4.14. The van der Waals surface area contributed by atoms with Gasteiger partial charge in [-0.3, -0.25) is 9.72 Å². The van der Waals surface area contributed by atoms with Crippen molar-refractivity contribution in [1.29, 1.82) is 0 Å². The van der Waals surface area contributed by atoms with Crippen LogP contribution in [0.15, 0.2) is 79.3 Å². The van der Waals surface area contributed by atoms with E-state index in [1.165, 1.54) is 0 Å². The van der Waals surface area contributed by atoms with Gasteiger partial charge in [0.15, 0.2) is 0 Å². The second-order valence-electron chi connectivity index (χ2n) is 6.08. The molecule has 2 heterocycles. The SMILES string of the molecule is O=C(Nc1ccc(CO)cc1)Nc1c(-c2ccccc2)ccc2cncn12. The molecule has 0 aliphatic heterocycles. The number of aliphatic hydroxyl groups excluding tert-OH is 1. The smallest absolute Gasteiger partial charge is 0.324 e. The molecule has 0 aliphatic rings. The molecule has 2 aromatic carbocycles. The molecular weight excluding hydrogens is 340 g/mol. The largest absolute Gasteiger partial charge is 0.392 e. The molecule has 4 aromatic rings. The number of amides is 2. The molecule has 27 heavy (non-hydrogen) atoms. The van der Waals surface area contributed by atoms with Crippen LogP contribution in [0.2, 0.25) is 0 Å². The number of benzene rings is 2. The van der Waals surface area contributed by atoms with Gasteiger partial charge in [-0.1, -0.05) is 42.5 Å². The Labute approximate surface area is 156 Å². The van der Waals surface area contributed by atoms with Gasteiger partial charge in [0.05, 0.1) is 18.3 Å². The van der Waals surface area contributed by atoms with Crippen LogP contribution in [0.3, 0.4) is 0 Å². The molecule has 6 heteroatoms. The minimum atomic E-state index is -0.356. The number of nitrogens with one attached hydrogen (secondary N) is 2. The molecular formula is C21H18N4O2. The Balaban J connectivity index is 1.65. The lowest BCUT2D eigenvalue weighted by Gasteiger charge is -2.14. The summed E-state index contributed by atoms with van der Waals surface area (Å²) in [6.07, 6.45) is 3.42. The first-order chi connectivity index (χ1) is 13.2. The Bertz CT molecular complexity index is 1070. The van der Waals surface area contributed by atoms with Gasteiger partial charge in [-0.25, -0.2) is 9.78 Å². The van der Waals surface area contributed by atoms with E-state index in [0.717, 1.165) is 22.2 Å². The lowest BCUT2D eigenvalue weighted by atomic mass is 10.1. The first-order valence-electron chi connectivity index (χ1n) is 8.53. The van der Waals surface area contributed by atoms with E-state index in [1.807, 2.05) is 46.9 Å². The predicted molar refractivity (Wildman–Crippen MR) is 106 cm³/mol. The highest BCUT2D eigenvalue weighted by molar-refractivity contribution is 6.02. The zero-order chi connectivity index (χ0) is 18.6. The van der Waals surface area contributed by atoms with Crippen LogP contribution in [-0.2, 0) is 6.61 Å². The molecule has 0 aliphatic carbocycles. The van der Waals surface area contributed by atoms with Gasteiger partial charge in [0.1, 0.15) is 12.1 Å². The molecule has 0 saturated heterocycles. The number of aromatic nitrogens is 2. The summed E-state index contributed by atoms with van der Waals surface area (Å²) in [5.41, 5.74) is 4.21. The normalized spacial score (nSPS) is 10.7. The summed E-state index contributed by atoms with van der Waals surface area (Å²) in [6.45, 7) is -0.0322. The molecule has 0 unspecified atom stereocenters. The summed E-state index contributed by atoms with van der Waals surface area (Å²) in [7, 11) is 0. The quantitative estimate of drug-likeness (QED) is 0.513. The summed E-state index contributed by atoms with van der Waals surface area (Å²) in [6, 6.07) is 20.5. The molecule has 0 atom stereocenters. The number of anilines is 2. The number of urea groups is 1. The van der Waals surface area contributed by atoms with Crippen LogP contribution in [0.4, 0.5) is 16.3 Å². The lowest BCUT2D eigenvalue weighted by Crippen LogP contribution is -2.21. The molecule has 0 spiro atoms. The molecule has 2 aromatic heterocycles. The number of carbonyl (C=O) groups excluding carboxylic acids is 1. The van der Waals surface area contributed by atoms with Crippen LogP contribution >= 0.6 is 0 Å². The summed E-state index contributed by atoms with van der Waals surface area (Å²) < 4.78 is 1.84. The lowest BCUT2D eigenvalue weighted by molar-refractivity contribution is 0.262. The van der Waals surface area contributed by atoms with E-state index in [1.54, 1.807) is 36.8 Å². The maximum atomic E-state index is 12.6. The van der Waals surface area contributed by atoms with Crippen molar-refractivity contribution in [2.75, 3.05) is 10.6 Å². The van der Waals surface area contributed by atoms with Crippen molar-refractivity contribution in [2.24, 2.45) is 0 Å². The molecule has 0 bridgehead atoms. The van der Waals surface area contributed by atoms with E-state index in [0.29, 0.717) is 11.5 Å². The van der Waals surface area contributed by atoms with Gasteiger partial charge in [-0.05, 0) is 35.4 Å². The van der Waals surface area contributed by atoms with Gasteiger partial charge in [-0.15, -0.1) is 0 Å². The zero-order valence-corrected chi connectivity index (χ0v) is 14.5. The number of hydrogen-bond donors (Lipinski definition) is 3. The standard InChI is InChI=1S/C21H18N4O2/c26-13-15-6-8-17(9-7-15)23-21(27)24-20-19(16-4-2-1-3-5-16)11-10-18-12-22-14-25(18)20/h1-12,14,26H,13H2,(H2,23,24,27). The van der Waals surface area contributed by atoms with Crippen molar-refractivity contribution < 1.29 is 9.90 Å². The van der Waals surface area contributed by atoms with Crippen LogP contribution < -0.4 is 10.6 Å². The van der Waals surface area contributed by atoms with Crippen molar-refractivity contribution in [1.82, 2.24) is 9.38 Å². The topological polar surface area (TPSA) is 78.7 Å². The Morgan fingerprint density at radius 1 is 0.963 bits per heavy atom. The van der Waals surface area contributed by atoms with Crippen molar-refractivity contribution in [3.8, 4) is 11.1 Å². The Kier molecular flexibility index (Phi) is 4.55. The number of fused-ring (bicyclic) bond motifs is 1. The zero-order valence-electron chi connectivity index (χ0n) is 14.5. The minimum absolute atomic E-state index is 0.0322. The number of carbonyl (C=O) groups is 1. The number of pyridine rings is 1. The van der Waals surface area contributed by atoms with Crippen molar-refractivity contribution >= 4 is 23.1 Å². The van der Waals surface area contributed by atoms with E-state index in [4.69, 9.17) is 5.11 Å². The first kappa shape index (κ1) is 16.8. The number of hydrogen-bond acceptors (Lipinski definition) is 3. The monoisotopic (exact) mass is 358 g/mol. The van der Waals surface area contributed by atoms with E-state index >= 15 is 0 Å². The maximum absolute atomic E-state index is 12.6. The maximum Gasteiger partial charge on any atom is 0.324 e. The van der Waals surface area contributed by atoms with E-state index < -0.39 is 0 Å². The van der Waals surface area contributed by atoms with Crippen LogP contribution in [-0.4, -0.2) is 20.5 Å². The average Bonchev–Trinajstić information content (AvgIpc) is 3.19. The third-order valence-electron chi connectivity index (χ3n) is 4.30. The summed E-state index contributed by atoms with van der Waals surface area (Å²) >= 11 is 0. The first-order valence-corrected chi connectivity index (χ1v) is 8.53. The fraction of sp³-hybridized carbons (Fsp3) is 0.0476. The molecule has 2 amide bonds. The summed E-state index contributed by atoms with van der Waals surface area (Å²) in [5, 5.41) is 14.9. The Morgan fingerprint density at radius 2 is 1.74 bits per heavy atom. The second-order valence-corrected chi connectivity index (χ2v) is 6.08.